The maximum atomic E-state index is 12.7. The second-order valence-electron chi connectivity index (χ2n) is 7.23. The molecule has 0 bridgehead atoms. The van der Waals surface area contributed by atoms with Crippen LogP contribution in [0.1, 0.15) is 43.0 Å². The van der Waals surface area contributed by atoms with Crippen LogP contribution in [0.25, 0.3) is 0 Å². The molecule has 152 valence electrons. The Morgan fingerprint density at radius 3 is 2.32 bits per heavy atom. The number of carbonyl (C=O) groups is 3. The lowest BCUT2D eigenvalue weighted by Gasteiger charge is -2.29. The summed E-state index contributed by atoms with van der Waals surface area (Å²) in [4.78, 5) is 36.7. The van der Waals surface area contributed by atoms with Gasteiger partial charge < -0.3 is 4.74 Å². The van der Waals surface area contributed by atoms with Crippen molar-refractivity contribution in [1.82, 2.24) is 9.21 Å². The van der Waals surface area contributed by atoms with E-state index in [2.05, 4.69) is 6.92 Å². The Bertz CT molecular complexity index is 857. The number of ether oxygens (including phenoxy) is 1. The fourth-order valence-corrected chi connectivity index (χ4v) is 4.81. The van der Waals surface area contributed by atoms with Gasteiger partial charge in [-0.05, 0) is 49.4 Å². The summed E-state index contributed by atoms with van der Waals surface area (Å²) in [6.45, 7) is 2.91. The Morgan fingerprint density at radius 2 is 1.75 bits per heavy atom. The second kappa shape index (κ2) is 8.40. The summed E-state index contributed by atoms with van der Waals surface area (Å²) >= 11 is 0. The van der Waals surface area contributed by atoms with Gasteiger partial charge >= 0.3 is 5.97 Å². The zero-order valence-electron chi connectivity index (χ0n) is 15.8. The molecule has 2 fully saturated rings. The number of sulfonamides is 1. The average Bonchev–Trinajstić information content (AvgIpc) is 3.12. The van der Waals surface area contributed by atoms with Crippen molar-refractivity contribution in [2.75, 3.05) is 26.2 Å². The van der Waals surface area contributed by atoms with Gasteiger partial charge in [-0.1, -0.05) is 6.92 Å². The number of hydrogen-bond donors (Lipinski definition) is 0. The third-order valence-electron chi connectivity index (χ3n) is 5.17. The van der Waals surface area contributed by atoms with Crippen LogP contribution in [0.3, 0.4) is 0 Å². The molecule has 9 heteroatoms. The summed E-state index contributed by atoms with van der Waals surface area (Å²) in [6, 6.07) is 5.48. The lowest BCUT2D eigenvalue weighted by atomic mass is 10.0. The number of nitrogens with zero attached hydrogens (tertiary/aromatic N) is 2. The SMILES string of the molecule is CC1CCN(S(=O)(=O)c2ccc(C(=O)OCC(=O)N3CCCC3=O)cc2)CC1. The molecule has 28 heavy (non-hydrogen) atoms. The van der Waals surface area contributed by atoms with Gasteiger partial charge in [-0.25, -0.2) is 13.2 Å². The number of rotatable bonds is 5. The minimum absolute atomic E-state index is 0.123. The molecule has 0 spiro atoms. The van der Waals surface area contributed by atoms with E-state index >= 15 is 0 Å². The van der Waals surface area contributed by atoms with E-state index in [1.165, 1.54) is 28.6 Å². The molecule has 2 amide bonds. The Balaban J connectivity index is 1.59. The number of benzene rings is 1. The van der Waals surface area contributed by atoms with E-state index in [4.69, 9.17) is 4.74 Å². The molecule has 0 unspecified atom stereocenters. The van der Waals surface area contributed by atoms with Gasteiger partial charge in [-0.3, -0.25) is 14.5 Å². The van der Waals surface area contributed by atoms with Crippen LogP contribution in [0.2, 0.25) is 0 Å². The van der Waals surface area contributed by atoms with Gasteiger partial charge in [-0.15, -0.1) is 0 Å². The van der Waals surface area contributed by atoms with Crippen LogP contribution in [0.15, 0.2) is 29.2 Å². The quantitative estimate of drug-likeness (QED) is 0.683. The molecule has 8 nitrogen and oxygen atoms in total. The number of hydrogen-bond acceptors (Lipinski definition) is 6. The Hall–Kier alpha value is -2.26. The summed E-state index contributed by atoms with van der Waals surface area (Å²) in [6.07, 6.45) is 2.60. The highest BCUT2D eigenvalue weighted by Crippen LogP contribution is 2.23. The summed E-state index contributed by atoms with van der Waals surface area (Å²) in [7, 11) is -3.59. The lowest BCUT2D eigenvalue weighted by molar-refractivity contribution is -0.143. The maximum absolute atomic E-state index is 12.7. The van der Waals surface area contributed by atoms with E-state index < -0.39 is 28.5 Å². The molecule has 1 aromatic rings. The number of piperidine rings is 1. The molecule has 0 saturated carbocycles. The predicted molar refractivity (Wildman–Crippen MR) is 99.8 cm³/mol. The molecule has 0 aromatic heterocycles. The lowest BCUT2D eigenvalue weighted by Crippen LogP contribution is -2.37. The molecule has 0 atom stereocenters. The van der Waals surface area contributed by atoms with E-state index in [0.717, 1.165) is 17.7 Å². The van der Waals surface area contributed by atoms with Crippen LogP contribution in [-0.2, 0) is 24.3 Å². The van der Waals surface area contributed by atoms with Crippen molar-refractivity contribution in [3.05, 3.63) is 29.8 Å². The van der Waals surface area contributed by atoms with E-state index in [1.54, 1.807) is 0 Å². The number of amides is 2. The Morgan fingerprint density at radius 1 is 1.11 bits per heavy atom. The normalized spacial score (nSPS) is 19.0. The highest BCUT2D eigenvalue weighted by atomic mass is 32.2. The molecule has 2 saturated heterocycles. The molecule has 0 N–H and O–H groups in total. The van der Waals surface area contributed by atoms with Crippen molar-refractivity contribution < 1.29 is 27.5 Å². The minimum Gasteiger partial charge on any atom is -0.452 e. The van der Waals surface area contributed by atoms with Gasteiger partial charge in [0.25, 0.3) is 5.91 Å². The number of esters is 1. The number of likely N-dealkylation sites (tertiary alicyclic amines) is 1. The van der Waals surface area contributed by atoms with Crippen LogP contribution < -0.4 is 0 Å². The third kappa shape index (κ3) is 4.41. The average molecular weight is 408 g/mol. The monoisotopic (exact) mass is 408 g/mol. The van der Waals surface area contributed by atoms with Gasteiger partial charge in [0.1, 0.15) is 0 Å². The van der Waals surface area contributed by atoms with E-state index in [9.17, 15) is 22.8 Å². The highest BCUT2D eigenvalue weighted by Gasteiger charge is 2.29. The zero-order chi connectivity index (χ0) is 20.3. The van der Waals surface area contributed by atoms with Gasteiger partial charge in [0.15, 0.2) is 6.61 Å². The van der Waals surface area contributed by atoms with E-state index in [0.29, 0.717) is 38.4 Å². The summed E-state index contributed by atoms with van der Waals surface area (Å²) < 4.78 is 31.8. The van der Waals surface area contributed by atoms with Crippen molar-refractivity contribution >= 4 is 27.8 Å². The van der Waals surface area contributed by atoms with Gasteiger partial charge in [0.2, 0.25) is 15.9 Å². The molecule has 2 aliphatic rings. The second-order valence-corrected chi connectivity index (χ2v) is 9.17. The molecule has 0 radical (unpaired) electrons. The zero-order valence-corrected chi connectivity index (χ0v) is 16.6. The fraction of sp³-hybridized carbons (Fsp3) is 0.526. The van der Waals surface area contributed by atoms with Crippen molar-refractivity contribution in [3.63, 3.8) is 0 Å². The van der Waals surface area contributed by atoms with Gasteiger partial charge in [0, 0.05) is 26.1 Å². The van der Waals surface area contributed by atoms with Crippen molar-refractivity contribution in [2.45, 2.75) is 37.5 Å². The van der Waals surface area contributed by atoms with E-state index in [-0.39, 0.29) is 16.4 Å². The fourth-order valence-electron chi connectivity index (χ4n) is 3.34. The van der Waals surface area contributed by atoms with Crippen molar-refractivity contribution in [2.24, 2.45) is 5.92 Å². The molecule has 1 aromatic carbocycles. The molecular weight excluding hydrogens is 384 g/mol. The predicted octanol–water partition coefficient (Wildman–Crippen LogP) is 1.41. The van der Waals surface area contributed by atoms with Crippen LogP contribution in [0.5, 0.6) is 0 Å². The first kappa shape index (κ1) is 20.5. The van der Waals surface area contributed by atoms with Gasteiger partial charge in [0.05, 0.1) is 10.5 Å². The van der Waals surface area contributed by atoms with Gasteiger partial charge in [-0.2, -0.15) is 4.31 Å². The van der Waals surface area contributed by atoms with Crippen molar-refractivity contribution in [1.29, 1.82) is 0 Å². The maximum Gasteiger partial charge on any atom is 0.338 e. The minimum atomic E-state index is -3.59. The first-order valence-corrected chi connectivity index (χ1v) is 10.8. The van der Waals surface area contributed by atoms with Crippen LogP contribution in [-0.4, -0.2) is 61.6 Å². The highest BCUT2D eigenvalue weighted by molar-refractivity contribution is 7.89. The summed E-state index contributed by atoms with van der Waals surface area (Å²) in [5.74, 6) is -1.03. The molecular formula is C19H24N2O6S. The standard InChI is InChI=1S/C19H24N2O6S/c1-14-8-11-20(12-9-14)28(25,26)16-6-4-15(5-7-16)19(24)27-13-18(23)21-10-2-3-17(21)22/h4-7,14H,2-3,8-13H2,1H3. The molecule has 2 aliphatic heterocycles. The van der Waals surface area contributed by atoms with Crippen LogP contribution in [0.4, 0.5) is 0 Å². The summed E-state index contributed by atoms with van der Waals surface area (Å²) in [5, 5.41) is 0. The largest absolute Gasteiger partial charge is 0.452 e. The molecule has 0 aliphatic carbocycles. The van der Waals surface area contributed by atoms with Crippen LogP contribution in [0, 0.1) is 5.92 Å². The molecule has 3 rings (SSSR count). The first-order valence-electron chi connectivity index (χ1n) is 9.39. The first-order chi connectivity index (χ1) is 13.3. The third-order valence-corrected chi connectivity index (χ3v) is 7.08. The Kier molecular flexibility index (Phi) is 6.14. The smallest absolute Gasteiger partial charge is 0.338 e. The van der Waals surface area contributed by atoms with E-state index in [1.807, 2.05) is 0 Å². The van der Waals surface area contributed by atoms with Crippen molar-refractivity contribution in [3.8, 4) is 0 Å². The number of carbonyl (C=O) groups excluding carboxylic acids is 3. The summed E-state index contributed by atoms with van der Waals surface area (Å²) in [5.41, 5.74) is 0.145. The topological polar surface area (TPSA) is 101 Å². The number of imide groups is 1. The van der Waals surface area contributed by atoms with Crippen LogP contribution >= 0.6 is 0 Å². The molecule has 2 heterocycles. The Labute approximate surface area is 164 Å².